The average molecular weight is 371 g/mol. The molecule has 27 heavy (non-hydrogen) atoms. The van der Waals surface area contributed by atoms with Crippen molar-refractivity contribution in [2.24, 2.45) is 7.05 Å². The molecule has 0 bridgehead atoms. The predicted molar refractivity (Wildman–Crippen MR) is 97.0 cm³/mol. The Morgan fingerprint density at radius 1 is 1.26 bits per heavy atom. The smallest absolute Gasteiger partial charge is 0.259 e. The lowest BCUT2D eigenvalue weighted by molar-refractivity contribution is -0.117. The molecule has 2 aliphatic heterocycles. The molecule has 142 valence electrons. The summed E-state index contributed by atoms with van der Waals surface area (Å²) in [7, 11) is 3.04. The van der Waals surface area contributed by atoms with Gasteiger partial charge in [-0.15, -0.1) is 0 Å². The first-order valence-electron chi connectivity index (χ1n) is 8.86. The second kappa shape index (κ2) is 6.57. The Labute approximate surface area is 155 Å². The molecule has 0 saturated carbocycles. The summed E-state index contributed by atoms with van der Waals surface area (Å²) in [6.07, 6.45) is 6.52. The van der Waals surface area contributed by atoms with E-state index in [-0.39, 0.29) is 29.2 Å². The summed E-state index contributed by atoms with van der Waals surface area (Å²) < 4.78 is 8.36. The summed E-state index contributed by atoms with van der Waals surface area (Å²) in [5, 5.41) is 4.36. The molecular formula is C18H21N5O4. The van der Waals surface area contributed by atoms with Crippen LogP contribution in [0.4, 0.5) is 5.69 Å². The van der Waals surface area contributed by atoms with Crippen molar-refractivity contribution in [3.8, 4) is 5.75 Å². The zero-order valence-electron chi connectivity index (χ0n) is 15.3. The minimum absolute atomic E-state index is 0.0685. The molecule has 0 N–H and O–H groups in total. The number of nitrogens with zero attached hydrogens (tertiary/aromatic N) is 5. The number of aromatic nitrogens is 3. The lowest BCUT2D eigenvalue weighted by Crippen LogP contribution is -2.51. The van der Waals surface area contributed by atoms with Crippen LogP contribution in [0.5, 0.6) is 5.75 Å². The molecule has 0 unspecified atom stereocenters. The number of methoxy groups -OCH3 is 1. The van der Waals surface area contributed by atoms with E-state index in [9.17, 15) is 14.4 Å². The molecule has 2 aromatic heterocycles. The number of hydrogen-bond acceptors (Lipinski definition) is 5. The van der Waals surface area contributed by atoms with Gasteiger partial charge in [-0.05, 0) is 6.42 Å². The number of ether oxygens (including phenoxy) is 1. The lowest BCUT2D eigenvalue weighted by Gasteiger charge is -2.39. The van der Waals surface area contributed by atoms with E-state index in [2.05, 4.69) is 5.10 Å². The molecule has 2 fully saturated rings. The molecule has 2 amide bonds. The van der Waals surface area contributed by atoms with Gasteiger partial charge in [0.25, 0.3) is 11.5 Å². The van der Waals surface area contributed by atoms with Gasteiger partial charge in [0.15, 0.2) is 0 Å². The molecule has 9 heteroatoms. The fourth-order valence-corrected chi connectivity index (χ4v) is 3.49. The van der Waals surface area contributed by atoms with Crippen LogP contribution in [-0.2, 0) is 11.8 Å². The summed E-state index contributed by atoms with van der Waals surface area (Å²) in [5.41, 5.74) is 0.939. The molecule has 0 aliphatic carbocycles. The minimum atomic E-state index is -0.231. The number of carbonyl (C=O) groups excluding carboxylic acids is 2. The topological polar surface area (TPSA) is 89.7 Å². The van der Waals surface area contributed by atoms with E-state index in [0.717, 1.165) is 18.7 Å². The maximum Gasteiger partial charge on any atom is 0.259 e. The Kier molecular flexibility index (Phi) is 4.21. The van der Waals surface area contributed by atoms with Gasteiger partial charge < -0.3 is 19.1 Å². The van der Waals surface area contributed by atoms with Crippen LogP contribution in [0.25, 0.3) is 0 Å². The van der Waals surface area contributed by atoms with Crippen molar-refractivity contribution < 1.29 is 14.3 Å². The molecule has 9 nitrogen and oxygen atoms in total. The van der Waals surface area contributed by atoms with Crippen LogP contribution < -0.4 is 15.2 Å². The van der Waals surface area contributed by atoms with Gasteiger partial charge >= 0.3 is 0 Å². The lowest BCUT2D eigenvalue weighted by atomic mass is 10.1. The largest absolute Gasteiger partial charge is 0.496 e. The first-order chi connectivity index (χ1) is 13.0. The van der Waals surface area contributed by atoms with E-state index >= 15 is 0 Å². The number of anilines is 1. The second-order valence-electron chi connectivity index (χ2n) is 6.90. The first-order valence-corrected chi connectivity index (χ1v) is 8.86. The minimum Gasteiger partial charge on any atom is -0.496 e. The number of aryl methyl sites for hydroxylation is 1. The van der Waals surface area contributed by atoms with Gasteiger partial charge in [0.05, 0.1) is 30.6 Å². The quantitative estimate of drug-likeness (QED) is 0.777. The monoisotopic (exact) mass is 371 g/mol. The molecule has 4 heterocycles. The number of likely N-dealkylation sites (tertiary alicyclic amines) is 1. The Balaban J connectivity index is 1.45. The normalized spacial score (nSPS) is 17.3. The van der Waals surface area contributed by atoms with Crippen LogP contribution in [-0.4, -0.2) is 57.8 Å². The Hall–Kier alpha value is -3.10. The van der Waals surface area contributed by atoms with Gasteiger partial charge in [-0.2, -0.15) is 5.10 Å². The molecule has 0 spiro atoms. The summed E-state index contributed by atoms with van der Waals surface area (Å²) in [6.45, 7) is 1.76. The van der Waals surface area contributed by atoms with Crippen LogP contribution in [0.2, 0.25) is 0 Å². The Bertz CT molecular complexity index is 957. The van der Waals surface area contributed by atoms with Crippen LogP contribution in [0.1, 0.15) is 29.2 Å². The number of amides is 2. The summed E-state index contributed by atoms with van der Waals surface area (Å²) in [5.74, 6) is 0.225. The number of pyridine rings is 1. The van der Waals surface area contributed by atoms with Crippen molar-refractivity contribution in [1.82, 2.24) is 19.2 Å². The van der Waals surface area contributed by atoms with Crippen molar-refractivity contribution in [2.75, 3.05) is 31.6 Å². The van der Waals surface area contributed by atoms with Crippen molar-refractivity contribution in [3.63, 3.8) is 0 Å². The van der Waals surface area contributed by atoms with Gasteiger partial charge in [0.1, 0.15) is 5.75 Å². The fourth-order valence-electron chi connectivity index (χ4n) is 3.49. The first kappa shape index (κ1) is 17.3. The van der Waals surface area contributed by atoms with E-state index in [0.29, 0.717) is 25.1 Å². The van der Waals surface area contributed by atoms with Crippen LogP contribution in [0.3, 0.4) is 0 Å². The highest BCUT2D eigenvalue weighted by atomic mass is 16.5. The van der Waals surface area contributed by atoms with Crippen LogP contribution in [0, 0.1) is 0 Å². The Morgan fingerprint density at radius 3 is 2.70 bits per heavy atom. The molecule has 0 radical (unpaired) electrons. The number of carbonyl (C=O) groups is 2. The SMILES string of the molecule is COc1cc(=O)n(C)cc1C(=O)N1CC(n2cc(N3CCCC3=O)cn2)C1. The van der Waals surface area contributed by atoms with E-state index in [4.69, 9.17) is 4.74 Å². The molecule has 2 aromatic rings. The molecular weight excluding hydrogens is 350 g/mol. The maximum atomic E-state index is 12.8. The third-order valence-corrected chi connectivity index (χ3v) is 5.14. The molecule has 2 saturated heterocycles. The highest BCUT2D eigenvalue weighted by molar-refractivity contribution is 5.97. The predicted octanol–water partition coefficient (Wildman–Crippen LogP) is 0.414. The highest BCUT2D eigenvalue weighted by Gasteiger charge is 2.35. The zero-order valence-corrected chi connectivity index (χ0v) is 15.3. The fraction of sp³-hybridized carbons (Fsp3) is 0.444. The van der Waals surface area contributed by atoms with E-state index in [1.165, 1.54) is 23.9 Å². The van der Waals surface area contributed by atoms with Crippen LogP contribution >= 0.6 is 0 Å². The van der Waals surface area contributed by atoms with E-state index < -0.39 is 0 Å². The molecule has 2 aliphatic rings. The standard InChI is InChI=1S/C18H21N5O4/c1-20-11-14(15(27-2)6-17(20)25)18(26)21-8-13(9-21)23-10-12(7-19-23)22-5-3-4-16(22)24/h6-7,10-11,13H,3-5,8-9H2,1-2H3. The zero-order chi connectivity index (χ0) is 19.1. The second-order valence-corrected chi connectivity index (χ2v) is 6.90. The van der Waals surface area contributed by atoms with Gasteiger partial charge in [-0.3, -0.25) is 19.1 Å². The van der Waals surface area contributed by atoms with Gasteiger partial charge in [0, 0.05) is 51.6 Å². The number of hydrogen-bond donors (Lipinski definition) is 0. The summed E-state index contributed by atoms with van der Waals surface area (Å²) in [4.78, 5) is 39.8. The third-order valence-electron chi connectivity index (χ3n) is 5.14. The Morgan fingerprint density at radius 2 is 2.04 bits per heavy atom. The molecule has 0 aromatic carbocycles. The third kappa shape index (κ3) is 2.98. The summed E-state index contributed by atoms with van der Waals surface area (Å²) in [6, 6.07) is 1.39. The van der Waals surface area contributed by atoms with Crippen molar-refractivity contribution in [2.45, 2.75) is 18.9 Å². The van der Waals surface area contributed by atoms with Gasteiger partial charge in [0.2, 0.25) is 5.91 Å². The summed E-state index contributed by atoms with van der Waals surface area (Å²) >= 11 is 0. The van der Waals surface area contributed by atoms with Crippen LogP contribution in [0.15, 0.2) is 29.5 Å². The van der Waals surface area contributed by atoms with E-state index in [1.54, 1.807) is 23.0 Å². The maximum absolute atomic E-state index is 12.8. The molecule has 0 atom stereocenters. The highest BCUT2D eigenvalue weighted by Crippen LogP contribution is 2.28. The van der Waals surface area contributed by atoms with Crippen molar-refractivity contribution >= 4 is 17.5 Å². The van der Waals surface area contributed by atoms with Gasteiger partial charge in [-0.25, -0.2) is 0 Å². The van der Waals surface area contributed by atoms with E-state index in [1.807, 2.05) is 10.9 Å². The molecule has 4 rings (SSSR count). The number of rotatable bonds is 4. The average Bonchev–Trinajstić information content (AvgIpc) is 3.24. The van der Waals surface area contributed by atoms with Gasteiger partial charge in [-0.1, -0.05) is 0 Å². The van der Waals surface area contributed by atoms with Crippen molar-refractivity contribution in [1.29, 1.82) is 0 Å². The van der Waals surface area contributed by atoms with Crippen molar-refractivity contribution in [3.05, 3.63) is 40.6 Å².